The molecule has 5 nitrogen and oxygen atoms in total. The molecule has 0 fully saturated rings. The number of rotatable bonds is 6. The van der Waals surface area contributed by atoms with Gasteiger partial charge in [-0.05, 0) is 32.8 Å². The van der Waals surface area contributed by atoms with Crippen molar-refractivity contribution in [2.45, 2.75) is 45.0 Å². The lowest BCUT2D eigenvalue weighted by atomic mass is 10.2. The molecule has 1 N–H and O–H groups in total. The van der Waals surface area contributed by atoms with Crippen LogP contribution in [0.3, 0.4) is 0 Å². The fourth-order valence-electron chi connectivity index (χ4n) is 1.55. The molecule has 0 atom stereocenters. The summed E-state index contributed by atoms with van der Waals surface area (Å²) in [5, 5.41) is 14.2. The fourth-order valence-corrected chi connectivity index (χ4v) is 3.23. The Bertz CT molecular complexity index is 559. The molecule has 0 amide bonds. The van der Waals surface area contributed by atoms with Gasteiger partial charge in [0.15, 0.2) is 5.16 Å². The fraction of sp³-hybridized carbons (Fsp3) is 0.538. The molecule has 0 saturated carbocycles. The molecule has 0 spiro atoms. The van der Waals surface area contributed by atoms with E-state index < -0.39 is 0 Å². The average Bonchev–Trinajstić information content (AvgIpc) is 2.88. The van der Waals surface area contributed by atoms with Crippen molar-refractivity contribution in [1.29, 1.82) is 0 Å². The van der Waals surface area contributed by atoms with Gasteiger partial charge in [-0.1, -0.05) is 30.0 Å². The van der Waals surface area contributed by atoms with Gasteiger partial charge in [0.1, 0.15) is 5.01 Å². The van der Waals surface area contributed by atoms with Gasteiger partial charge in [0, 0.05) is 17.9 Å². The van der Waals surface area contributed by atoms with Crippen LogP contribution in [0.5, 0.6) is 0 Å². The van der Waals surface area contributed by atoms with Gasteiger partial charge in [-0.25, -0.2) is 9.97 Å². The Hall–Kier alpha value is -1.21. The first-order chi connectivity index (χ1) is 9.60. The van der Waals surface area contributed by atoms with Gasteiger partial charge in [-0.15, -0.1) is 10.2 Å². The number of thioether (sulfide) groups is 1. The molecule has 0 bridgehead atoms. The Morgan fingerprint density at radius 1 is 1.10 bits per heavy atom. The largest absolute Gasteiger partial charge is 0.360 e. The molecule has 108 valence electrons. The lowest BCUT2D eigenvalue weighted by molar-refractivity contribution is 0.880. The predicted octanol–water partition coefficient (Wildman–Crippen LogP) is 3.37. The van der Waals surface area contributed by atoms with Crippen LogP contribution >= 0.6 is 23.1 Å². The summed E-state index contributed by atoms with van der Waals surface area (Å²) in [6.45, 7) is 9.15. The van der Waals surface area contributed by atoms with Crippen LogP contribution in [0.15, 0.2) is 5.16 Å². The molecule has 0 aliphatic heterocycles. The van der Waals surface area contributed by atoms with Crippen LogP contribution in [0.25, 0.3) is 0 Å². The monoisotopic (exact) mass is 309 g/mol. The Labute approximate surface area is 127 Å². The maximum atomic E-state index is 4.50. The van der Waals surface area contributed by atoms with Crippen molar-refractivity contribution in [3.63, 3.8) is 0 Å². The maximum Gasteiger partial charge on any atom is 0.205 e. The molecule has 2 aromatic heterocycles. The smallest absolute Gasteiger partial charge is 0.205 e. The minimum Gasteiger partial charge on any atom is -0.360 e. The van der Waals surface area contributed by atoms with E-state index in [1.54, 1.807) is 23.1 Å². The lowest BCUT2D eigenvalue weighted by Crippen LogP contribution is -1.98. The number of anilines is 1. The number of nitrogens with zero attached hydrogens (tertiary/aromatic N) is 4. The van der Waals surface area contributed by atoms with Crippen molar-refractivity contribution in [3.05, 3.63) is 22.0 Å². The highest BCUT2D eigenvalue weighted by atomic mass is 32.2. The van der Waals surface area contributed by atoms with Crippen LogP contribution in [0.2, 0.25) is 0 Å². The summed E-state index contributed by atoms with van der Waals surface area (Å²) in [6.07, 6.45) is 1.08. The van der Waals surface area contributed by atoms with Crippen LogP contribution in [-0.4, -0.2) is 26.7 Å². The van der Waals surface area contributed by atoms with Crippen molar-refractivity contribution in [1.82, 2.24) is 20.2 Å². The second kappa shape index (κ2) is 6.99. The van der Waals surface area contributed by atoms with Gasteiger partial charge in [0.25, 0.3) is 0 Å². The highest BCUT2D eigenvalue weighted by Crippen LogP contribution is 2.24. The first kappa shape index (κ1) is 15.2. The van der Waals surface area contributed by atoms with E-state index in [0.29, 0.717) is 0 Å². The quantitative estimate of drug-likeness (QED) is 0.652. The summed E-state index contributed by atoms with van der Waals surface area (Å²) in [6, 6.07) is 0. The van der Waals surface area contributed by atoms with E-state index in [1.165, 1.54) is 0 Å². The van der Waals surface area contributed by atoms with Gasteiger partial charge in [-0.2, -0.15) is 0 Å². The van der Waals surface area contributed by atoms with Crippen molar-refractivity contribution < 1.29 is 0 Å². The minimum absolute atomic E-state index is 0.757. The maximum absolute atomic E-state index is 4.50. The number of hydrogen-bond donors (Lipinski definition) is 1. The SMILES string of the molecule is CCCNc1nnc(CSc2nc(C)c(C)c(C)n2)s1. The van der Waals surface area contributed by atoms with E-state index in [1.807, 2.05) is 13.8 Å². The topological polar surface area (TPSA) is 63.6 Å². The number of nitrogens with one attached hydrogen (secondary N) is 1. The van der Waals surface area contributed by atoms with Gasteiger partial charge < -0.3 is 5.32 Å². The third-order valence-corrected chi connectivity index (χ3v) is 4.85. The van der Waals surface area contributed by atoms with Crippen LogP contribution in [0.1, 0.15) is 35.3 Å². The normalized spacial score (nSPS) is 10.8. The van der Waals surface area contributed by atoms with Crippen molar-refractivity contribution in [2.24, 2.45) is 0 Å². The van der Waals surface area contributed by atoms with Gasteiger partial charge >= 0.3 is 0 Å². The molecule has 0 aliphatic rings. The van der Waals surface area contributed by atoms with E-state index in [2.05, 4.69) is 39.3 Å². The average molecular weight is 309 g/mol. The van der Waals surface area contributed by atoms with E-state index >= 15 is 0 Å². The van der Waals surface area contributed by atoms with Crippen LogP contribution in [0, 0.1) is 20.8 Å². The molecule has 20 heavy (non-hydrogen) atoms. The molecule has 0 radical (unpaired) electrons. The van der Waals surface area contributed by atoms with Crippen molar-refractivity contribution in [2.75, 3.05) is 11.9 Å². The number of aryl methyl sites for hydroxylation is 2. The molecular weight excluding hydrogens is 290 g/mol. The van der Waals surface area contributed by atoms with Crippen LogP contribution < -0.4 is 5.32 Å². The van der Waals surface area contributed by atoms with Crippen molar-refractivity contribution >= 4 is 28.2 Å². The molecule has 0 unspecified atom stereocenters. The lowest BCUT2D eigenvalue weighted by Gasteiger charge is -2.05. The Morgan fingerprint density at radius 2 is 1.80 bits per heavy atom. The molecule has 0 aromatic carbocycles. The van der Waals surface area contributed by atoms with Crippen LogP contribution in [0.4, 0.5) is 5.13 Å². The molecule has 0 saturated heterocycles. The number of hydrogen-bond acceptors (Lipinski definition) is 7. The van der Waals surface area contributed by atoms with E-state index in [4.69, 9.17) is 0 Å². The highest BCUT2D eigenvalue weighted by molar-refractivity contribution is 7.98. The van der Waals surface area contributed by atoms with Gasteiger partial charge in [-0.3, -0.25) is 0 Å². The van der Waals surface area contributed by atoms with E-state index in [0.717, 1.165) is 51.0 Å². The van der Waals surface area contributed by atoms with Crippen molar-refractivity contribution in [3.8, 4) is 0 Å². The Morgan fingerprint density at radius 3 is 2.45 bits per heavy atom. The summed E-state index contributed by atoms with van der Waals surface area (Å²) in [7, 11) is 0. The molecule has 2 aromatic rings. The first-order valence-corrected chi connectivity index (χ1v) is 8.41. The molecule has 0 aliphatic carbocycles. The molecular formula is C13H19N5S2. The summed E-state index contributed by atoms with van der Waals surface area (Å²) in [5.74, 6) is 0.757. The molecule has 2 heterocycles. The standard InChI is InChI=1S/C13H19N5S2/c1-5-6-14-12-18-17-11(20-12)7-19-13-15-9(3)8(2)10(4)16-13/h5-7H2,1-4H3,(H,14,18). The Kier molecular flexibility index (Phi) is 5.31. The van der Waals surface area contributed by atoms with Crippen LogP contribution in [-0.2, 0) is 5.75 Å². The number of aromatic nitrogens is 4. The highest BCUT2D eigenvalue weighted by Gasteiger charge is 2.08. The first-order valence-electron chi connectivity index (χ1n) is 6.61. The zero-order valence-electron chi connectivity index (χ0n) is 12.2. The summed E-state index contributed by atoms with van der Waals surface area (Å²) in [5.41, 5.74) is 3.25. The summed E-state index contributed by atoms with van der Waals surface area (Å²) < 4.78 is 0. The molecule has 7 heteroatoms. The second-order valence-electron chi connectivity index (χ2n) is 4.52. The van der Waals surface area contributed by atoms with E-state index in [9.17, 15) is 0 Å². The molecule has 2 rings (SSSR count). The Balaban J connectivity index is 1.96. The van der Waals surface area contributed by atoms with Gasteiger partial charge in [0.05, 0.1) is 5.75 Å². The van der Waals surface area contributed by atoms with E-state index in [-0.39, 0.29) is 0 Å². The third kappa shape index (κ3) is 3.89. The van der Waals surface area contributed by atoms with Gasteiger partial charge in [0.2, 0.25) is 5.13 Å². The minimum atomic E-state index is 0.757. The summed E-state index contributed by atoms with van der Waals surface area (Å²) >= 11 is 3.20. The zero-order valence-corrected chi connectivity index (χ0v) is 13.9. The second-order valence-corrected chi connectivity index (χ2v) is 6.52. The zero-order chi connectivity index (χ0) is 14.5. The predicted molar refractivity (Wildman–Crippen MR) is 84.5 cm³/mol. The summed E-state index contributed by atoms with van der Waals surface area (Å²) in [4.78, 5) is 9.00. The third-order valence-electron chi connectivity index (χ3n) is 2.93.